The summed E-state index contributed by atoms with van der Waals surface area (Å²) in [5, 5.41) is 8.66. The van der Waals surface area contributed by atoms with Crippen molar-refractivity contribution in [3.63, 3.8) is 0 Å². The van der Waals surface area contributed by atoms with Crippen LogP contribution in [0.5, 0.6) is 0 Å². The van der Waals surface area contributed by atoms with E-state index >= 15 is 0 Å². The minimum atomic E-state index is 0.461. The molecular weight excluding hydrogens is 312 g/mol. The van der Waals surface area contributed by atoms with Gasteiger partial charge in [0.1, 0.15) is 6.33 Å². The van der Waals surface area contributed by atoms with E-state index in [1.54, 1.807) is 0 Å². The number of rotatable bonds is 4. The fraction of sp³-hybridized carbons (Fsp3) is 0. The number of hydrogen-bond donors (Lipinski definition) is 3. The van der Waals surface area contributed by atoms with Crippen molar-refractivity contribution >= 4 is 39.7 Å². The van der Waals surface area contributed by atoms with Gasteiger partial charge < -0.3 is 16.4 Å². The van der Waals surface area contributed by atoms with Gasteiger partial charge in [-0.05, 0) is 35.7 Å². The summed E-state index contributed by atoms with van der Waals surface area (Å²) in [6.45, 7) is 0. The fourth-order valence-corrected chi connectivity index (χ4v) is 2.57. The van der Waals surface area contributed by atoms with Crippen molar-refractivity contribution in [3.8, 4) is 0 Å². The van der Waals surface area contributed by atoms with Crippen molar-refractivity contribution in [1.82, 2.24) is 15.0 Å². The third-order valence-corrected chi connectivity index (χ3v) is 3.77. The Hall–Kier alpha value is -3.67. The Kier molecular flexibility index (Phi) is 3.84. The predicted octanol–water partition coefficient (Wildman–Crippen LogP) is 4.09. The molecule has 0 saturated carbocycles. The Bertz CT molecular complexity index is 1010. The number of nitrogens with one attached hydrogen (secondary N) is 2. The van der Waals surface area contributed by atoms with E-state index in [1.807, 2.05) is 48.5 Å². The molecule has 6 nitrogen and oxygen atoms in total. The van der Waals surface area contributed by atoms with Crippen LogP contribution in [0.25, 0.3) is 10.8 Å². The lowest BCUT2D eigenvalue weighted by molar-refractivity contribution is 1.06. The Morgan fingerprint density at radius 3 is 2.28 bits per heavy atom. The predicted molar refractivity (Wildman–Crippen MR) is 101 cm³/mol. The normalized spacial score (nSPS) is 10.6. The van der Waals surface area contributed by atoms with Crippen LogP contribution < -0.4 is 16.4 Å². The van der Waals surface area contributed by atoms with E-state index in [4.69, 9.17) is 5.73 Å². The van der Waals surface area contributed by atoms with Crippen LogP contribution in [-0.4, -0.2) is 15.0 Å². The fourth-order valence-electron chi connectivity index (χ4n) is 2.57. The topological polar surface area (TPSA) is 88.8 Å². The number of benzene rings is 3. The molecule has 25 heavy (non-hydrogen) atoms. The largest absolute Gasteiger partial charge is 0.399 e. The van der Waals surface area contributed by atoms with Gasteiger partial charge in [0.25, 0.3) is 0 Å². The quantitative estimate of drug-likeness (QED) is 0.489. The van der Waals surface area contributed by atoms with Crippen molar-refractivity contribution in [3.05, 3.63) is 73.1 Å². The van der Waals surface area contributed by atoms with E-state index in [0.717, 1.165) is 22.1 Å². The first-order valence-corrected chi connectivity index (χ1v) is 7.84. The number of fused-ring (bicyclic) bond motifs is 1. The average Bonchev–Trinajstić information content (AvgIpc) is 2.64. The second-order valence-electron chi connectivity index (χ2n) is 5.53. The first-order valence-electron chi connectivity index (χ1n) is 7.84. The summed E-state index contributed by atoms with van der Waals surface area (Å²) in [5.41, 5.74) is 8.21. The van der Waals surface area contributed by atoms with E-state index in [1.165, 1.54) is 6.33 Å². The van der Waals surface area contributed by atoms with Gasteiger partial charge >= 0.3 is 0 Å². The van der Waals surface area contributed by atoms with Crippen molar-refractivity contribution in [2.75, 3.05) is 16.4 Å². The van der Waals surface area contributed by atoms with Crippen LogP contribution in [-0.2, 0) is 0 Å². The molecule has 0 aliphatic heterocycles. The molecule has 0 atom stereocenters. The number of nitrogens with two attached hydrogens (primary N) is 1. The molecule has 0 aliphatic rings. The standard InChI is InChI=1S/C19H16N6/c20-14-8-10-15(11-9-14)23-18-21-12-22-19(25-18)24-17-7-3-5-13-4-1-2-6-16(13)17/h1-12H,20H2,(H2,21,22,23,24,25). The molecule has 0 bridgehead atoms. The van der Waals surface area contributed by atoms with Crippen LogP contribution in [0.1, 0.15) is 0 Å². The second kappa shape index (κ2) is 6.45. The van der Waals surface area contributed by atoms with Gasteiger partial charge in [-0.1, -0.05) is 36.4 Å². The summed E-state index contributed by atoms with van der Waals surface area (Å²) >= 11 is 0. The molecule has 0 amide bonds. The minimum Gasteiger partial charge on any atom is -0.399 e. The summed E-state index contributed by atoms with van der Waals surface area (Å²) in [7, 11) is 0. The van der Waals surface area contributed by atoms with Gasteiger partial charge in [0.05, 0.1) is 0 Å². The summed E-state index contributed by atoms with van der Waals surface area (Å²) < 4.78 is 0. The Labute approximate surface area is 144 Å². The van der Waals surface area contributed by atoms with E-state index < -0.39 is 0 Å². The van der Waals surface area contributed by atoms with E-state index in [-0.39, 0.29) is 0 Å². The average molecular weight is 328 g/mol. The van der Waals surface area contributed by atoms with Crippen molar-refractivity contribution < 1.29 is 0 Å². The van der Waals surface area contributed by atoms with E-state index in [0.29, 0.717) is 17.6 Å². The van der Waals surface area contributed by atoms with E-state index in [9.17, 15) is 0 Å². The van der Waals surface area contributed by atoms with Crippen molar-refractivity contribution in [2.45, 2.75) is 0 Å². The van der Waals surface area contributed by atoms with Gasteiger partial charge in [0.15, 0.2) is 0 Å². The van der Waals surface area contributed by atoms with E-state index in [2.05, 4.69) is 43.8 Å². The molecule has 0 unspecified atom stereocenters. The number of aromatic nitrogens is 3. The number of hydrogen-bond acceptors (Lipinski definition) is 6. The molecule has 0 radical (unpaired) electrons. The molecular formula is C19H16N6. The smallest absolute Gasteiger partial charge is 0.232 e. The van der Waals surface area contributed by atoms with Crippen LogP contribution in [0.4, 0.5) is 29.0 Å². The second-order valence-corrected chi connectivity index (χ2v) is 5.53. The molecule has 6 heteroatoms. The molecule has 122 valence electrons. The molecule has 1 aromatic heterocycles. The van der Waals surface area contributed by atoms with Crippen molar-refractivity contribution in [1.29, 1.82) is 0 Å². The highest BCUT2D eigenvalue weighted by Gasteiger charge is 2.05. The lowest BCUT2D eigenvalue weighted by atomic mass is 10.1. The summed E-state index contributed by atoms with van der Waals surface area (Å²) in [6, 6.07) is 21.6. The van der Waals surface area contributed by atoms with Crippen LogP contribution >= 0.6 is 0 Å². The molecule has 3 aromatic carbocycles. The molecule has 4 rings (SSSR count). The molecule has 1 heterocycles. The van der Waals surface area contributed by atoms with Crippen LogP contribution in [0, 0.1) is 0 Å². The third kappa shape index (κ3) is 3.32. The highest BCUT2D eigenvalue weighted by molar-refractivity contribution is 5.94. The van der Waals surface area contributed by atoms with Crippen molar-refractivity contribution in [2.24, 2.45) is 0 Å². The first kappa shape index (κ1) is 14.9. The highest BCUT2D eigenvalue weighted by atomic mass is 15.2. The van der Waals surface area contributed by atoms with Crippen LogP contribution in [0.2, 0.25) is 0 Å². The van der Waals surface area contributed by atoms with Gasteiger partial charge in [-0.25, -0.2) is 9.97 Å². The third-order valence-electron chi connectivity index (χ3n) is 3.77. The zero-order chi connectivity index (χ0) is 17.1. The maximum absolute atomic E-state index is 5.70. The Morgan fingerprint density at radius 2 is 1.44 bits per heavy atom. The maximum atomic E-state index is 5.70. The van der Waals surface area contributed by atoms with Gasteiger partial charge in [-0.2, -0.15) is 4.98 Å². The summed E-state index contributed by atoms with van der Waals surface area (Å²) in [6.07, 6.45) is 1.47. The monoisotopic (exact) mass is 328 g/mol. The van der Waals surface area contributed by atoms with Gasteiger partial charge in [0, 0.05) is 22.4 Å². The Morgan fingerprint density at radius 1 is 0.720 bits per heavy atom. The summed E-state index contributed by atoms with van der Waals surface area (Å²) in [4.78, 5) is 12.8. The molecule has 0 saturated heterocycles. The van der Waals surface area contributed by atoms with Gasteiger partial charge in [-0.3, -0.25) is 0 Å². The highest BCUT2D eigenvalue weighted by Crippen LogP contribution is 2.25. The van der Waals surface area contributed by atoms with Gasteiger partial charge in [-0.15, -0.1) is 0 Å². The number of nitrogens with zero attached hydrogens (tertiary/aromatic N) is 3. The molecule has 4 N–H and O–H groups in total. The minimum absolute atomic E-state index is 0.461. The van der Waals surface area contributed by atoms with Crippen LogP contribution in [0.15, 0.2) is 73.1 Å². The first-order chi connectivity index (χ1) is 12.3. The Balaban J connectivity index is 1.60. The number of nitrogen functional groups attached to an aromatic ring is 1. The lowest BCUT2D eigenvalue weighted by Gasteiger charge is -2.10. The molecule has 0 aliphatic carbocycles. The zero-order valence-corrected chi connectivity index (χ0v) is 13.3. The van der Waals surface area contributed by atoms with Gasteiger partial charge in [0.2, 0.25) is 11.9 Å². The molecule has 0 fully saturated rings. The maximum Gasteiger partial charge on any atom is 0.232 e. The SMILES string of the molecule is Nc1ccc(Nc2ncnc(Nc3cccc4ccccc34)n2)cc1. The zero-order valence-electron chi connectivity index (χ0n) is 13.3. The molecule has 4 aromatic rings. The van der Waals surface area contributed by atoms with Crippen LogP contribution in [0.3, 0.4) is 0 Å². The summed E-state index contributed by atoms with van der Waals surface area (Å²) in [5.74, 6) is 0.937. The lowest BCUT2D eigenvalue weighted by Crippen LogP contribution is -2.03. The molecule has 0 spiro atoms. The number of anilines is 5.